The van der Waals surface area contributed by atoms with E-state index in [2.05, 4.69) is 28.1 Å². The number of amides is 1. The van der Waals surface area contributed by atoms with Gasteiger partial charge in [0.05, 0.1) is 0 Å². The van der Waals surface area contributed by atoms with Gasteiger partial charge in [-0.05, 0) is 44.5 Å². The van der Waals surface area contributed by atoms with Crippen LogP contribution in [-0.4, -0.2) is 54.2 Å². The third kappa shape index (κ3) is 4.55. The van der Waals surface area contributed by atoms with Crippen LogP contribution in [0.1, 0.15) is 19.8 Å². The Kier molecular flexibility index (Phi) is 5.72. The number of anilines is 1. The number of carbonyl (C=O) groups is 1. The number of hydrogen-bond donors (Lipinski definition) is 1. The smallest absolute Gasteiger partial charge is 0.279 e. The molecule has 2 saturated heterocycles. The monoisotopic (exact) mass is 353 g/mol. The third-order valence-corrected chi connectivity index (χ3v) is 6.18. The predicted octanol–water partition coefficient (Wildman–Crippen LogP) is 3.46. The van der Waals surface area contributed by atoms with Gasteiger partial charge in [0.25, 0.3) is 5.24 Å². The Balaban J connectivity index is 1.39. The lowest BCUT2D eigenvalue weighted by Crippen LogP contribution is -2.46. The summed E-state index contributed by atoms with van der Waals surface area (Å²) in [6.45, 7) is 7.52. The molecule has 0 aromatic heterocycles. The van der Waals surface area contributed by atoms with E-state index in [-0.39, 0.29) is 5.24 Å². The molecule has 2 unspecified atom stereocenters. The van der Waals surface area contributed by atoms with Crippen LogP contribution >= 0.6 is 23.4 Å². The Morgan fingerprint density at radius 1 is 1.30 bits per heavy atom. The molecule has 6 heteroatoms. The van der Waals surface area contributed by atoms with Crippen molar-refractivity contribution in [1.29, 1.82) is 0 Å². The topological polar surface area (TPSA) is 35.6 Å². The van der Waals surface area contributed by atoms with E-state index in [1.165, 1.54) is 17.4 Å². The number of carbonyl (C=O) groups excluding carboxylic acids is 1. The second-order valence-electron chi connectivity index (χ2n) is 6.33. The van der Waals surface area contributed by atoms with Crippen molar-refractivity contribution in [2.45, 2.75) is 31.1 Å². The van der Waals surface area contributed by atoms with Gasteiger partial charge in [0.1, 0.15) is 0 Å². The molecular weight excluding hydrogens is 330 g/mol. The molecule has 2 fully saturated rings. The number of nitrogens with zero attached hydrogens (tertiary/aromatic N) is 2. The first-order valence-electron chi connectivity index (χ1n) is 8.32. The Morgan fingerprint density at radius 2 is 2.09 bits per heavy atom. The van der Waals surface area contributed by atoms with E-state index in [0.29, 0.717) is 11.3 Å². The molecule has 3 rings (SSSR count). The lowest BCUT2D eigenvalue weighted by molar-refractivity contribution is 0.251. The zero-order chi connectivity index (χ0) is 16.2. The summed E-state index contributed by atoms with van der Waals surface area (Å²) < 4.78 is 0. The molecule has 1 amide bonds. The van der Waals surface area contributed by atoms with E-state index < -0.39 is 0 Å². The molecule has 2 atom stereocenters. The number of hydrogen-bond acceptors (Lipinski definition) is 4. The maximum atomic E-state index is 11.4. The molecule has 0 aliphatic carbocycles. The minimum absolute atomic E-state index is 0.137. The van der Waals surface area contributed by atoms with Gasteiger partial charge in [-0.1, -0.05) is 29.4 Å². The zero-order valence-electron chi connectivity index (χ0n) is 13.5. The van der Waals surface area contributed by atoms with Crippen LogP contribution in [0.5, 0.6) is 0 Å². The van der Waals surface area contributed by atoms with Crippen LogP contribution in [0, 0.1) is 0 Å². The summed E-state index contributed by atoms with van der Waals surface area (Å²) in [5, 5.41) is 4.36. The van der Waals surface area contributed by atoms with E-state index in [4.69, 9.17) is 11.6 Å². The van der Waals surface area contributed by atoms with Gasteiger partial charge in [-0.3, -0.25) is 9.69 Å². The van der Waals surface area contributed by atoms with Gasteiger partial charge in [-0.15, -0.1) is 0 Å². The Bertz CT molecular complexity index is 548. The Morgan fingerprint density at radius 3 is 2.74 bits per heavy atom. The average Bonchev–Trinajstić information content (AvgIpc) is 2.86. The first-order valence-corrected chi connectivity index (χ1v) is 9.57. The summed E-state index contributed by atoms with van der Waals surface area (Å²) in [5.41, 5.74) is 1.22. The second-order valence-corrected chi connectivity index (χ2v) is 7.98. The van der Waals surface area contributed by atoms with Gasteiger partial charge in [0, 0.05) is 48.2 Å². The molecule has 2 aliphatic heterocycles. The predicted molar refractivity (Wildman–Crippen MR) is 98.7 cm³/mol. The van der Waals surface area contributed by atoms with Crippen molar-refractivity contribution in [3.63, 3.8) is 0 Å². The molecule has 2 aliphatic rings. The van der Waals surface area contributed by atoms with E-state index in [1.807, 2.05) is 18.2 Å². The molecule has 1 N–H and O–H groups in total. The summed E-state index contributed by atoms with van der Waals surface area (Å²) in [6.07, 6.45) is 2.27. The van der Waals surface area contributed by atoms with Crippen LogP contribution in [0.2, 0.25) is 5.02 Å². The molecule has 0 radical (unpaired) electrons. The molecule has 1 aromatic rings. The van der Waals surface area contributed by atoms with Gasteiger partial charge in [0.15, 0.2) is 0 Å². The third-order valence-electron chi connectivity index (χ3n) is 4.67. The summed E-state index contributed by atoms with van der Waals surface area (Å²) >= 11 is 7.55. The average molecular weight is 354 g/mol. The zero-order valence-corrected chi connectivity index (χ0v) is 15.1. The maximum Gasteiger partial charge on any atom is 0.279 e. The van der Waals surface area contributed by atoms with Gasteiger partial charge in [0.2, 0.25) is 0 Å². The van der Waals surface area contributed by atoms with Gasteiger partial charge >= 0.3 is 0 Å². The van der Waals surface area contributed by atoms with Crippen LogP contribution < -0.4 is 10.2 Å². The van der Waals surface area contributed by atoms with Crippen LogP contribution in [0.4, 0.5) is 10.5 Å². The van der Waals surface area contributed by atoms with Crippen LogP contribution in [-0.2, 0) is 0 Å². The van der Waals surface area contributed by atoms with Crippen molar-refractivity contribution >= 4 is 34.3 Å². The number of nitrogens with one attached hydrogen (secondary N) is 1. The molecule has 1 aromatic carbocycles. The van der Waals surface area contributed by atoms with Crippen molar-refractivity contribution in [2.75, 3.05) is 37.6 Å². The first-order chi connectivity index (χ1) is 11.1. The Hall–Kier alpha value is -0.910. The summed E-state index contributed by atoms with van der Waals surface area (Å²) in [4.78, 5) is 16.3. The molecule has 0 bridgehead atoms. The minimum atomic E-state index is 0.137. The fourth-order valence-corrected chi connectivity index (χ4v) is 4.55. The highest BCUT2D eigenvalue weighted by Gasteiger charge is 2.29. The summed E-state index contributed by atoms with van der Waals surface area (Å²) in [5.74, 6) is 0. The van der Waals surface area contributed by atoms with Crippen molar-refractivity contribution in [2.24, 2.45) is 0 Å². The number of thioether (sulfide) groups is 1. The molecule has 126 valence electrons. The van der Waals surface area contributed by atoms with Crippen molar-refractivity contribution in [1.82, 2.24) is 10.2 Å². The first kappa shape index (κ1) is 16.9. The standard InChI is InChI=1S/C17H24ClN3OS/c1-13-16(23-17(22)19-13)6-3-7-20-8-10-21(11-9-20)15-5-2-4-14(18)12-15/h2,4-5,12-13,16H,3,6-11H2,1H3,(H,19,22). The molecule has 0 spiro atoms. The number of rotatable bonds is 5. The summed E-state index contributed by atoms with van der Waals surface area (Å²) in [7, 11) is 0. The number of halogens is 1. The summed E-state index contributed by atoms with van der Waals surface area (Å²) in [6, 6.07) is 8.42. The maximum absolute atomic E-state index is 11.4. The molecule has 23 heavy (non-hydrogen) atoms. The Labute approximate surface area is 147 Å². The largest absolute Gasteiger partial charge is 0.369 e. The lowest BCUT2D eigenvalue weighted by Gasteiger charge is -2.36. The van der Waals surface area contributed by atoms with Crippen molar-refractivity contribution < 1.29 is 4.79 Å². The van der Waals surface area contributed by atoms with Crippen molar-refractivity contribution in [3.8, 4) is 0 Å². The molecule has 2 heterocycles. The fraction of sp³-hybridized carbons (Fsp3) is 0.588. The van der Waals surface area contributed by atoms with Crippen LogP contribution in [0.15, 0.2) is 24.3 Å². The second kappa shape index (κ2) is 7.77. The normalized spacial score (nSPS) is 25.7. The fourth-order valence-electron chi connectivity index (χ4n) is 3.28. The van der Waals surface area contributed by atoms with E-state index in [9.17, 15) is 4.79 Å². The lowest BCUT2D eigenvalue weighted by atomic mass is 10.1. The molecular formula is C17H24ClN3OS. The van der Waals surface area contributed by atoms with Gasteiger partial charge in [-0.2, -0.15) is 0 Å². The molecule has 0 saturated carbocycles. The highest BCUT2D eigenvalue weighted by Crippen LogP contribution is 2.27. The van der Waals surface area contributed by atoms with E-state index >= 15 is 0 Å². The van der Waals surface area contributed by atoms with Gasteiger partial charge < -0.3 is 10.2 Å². The van der Waals surface area contributed by atoms with Crippen LogP contribution in [0.25, 0.3) is 0 Å². The quantitative estimate of drug-likeness (QED) is 0.879. The highest BCUT2D eigenvalue weighted by atomic mass is 35.5. The highest BCUT2D eigenvalue weighted by molar-refractivity contribution is 8.14. The minimum Gasteiger partial charge on any atom is -0.369 e. The van der Waals surface area contributed by atoms with E-state index in [1.54, 1.807) is 0 Å². The number of piperazine rings is 1. The van der Waals surface area contributed by atoms with Gasteiger partial charge in [-0.25, -0.2) is 0 Å². The SMILES string of the molecule is CC1NC(=O)SC1CCCN1CCN(c2cccc(Cl)c2)CC1. The molecule has 4 nitrogen and oxygen atoms in total. The van der Waals surface area contributed by atoms with Crippen molar-refractivity contribution in [3.05, 3.63) is 29.3 Å². The van der Waals surface area contributed by atoms with Crippen LogP contribution in [0.3, 0.4) is 0 Å². The number of benzene rings is 1. The van der Waals surface area contributed by atoms with E-state index in [0.717, 1.165) is 50.6 Å².